The van der Waals surface area contributed by atoms with Gasteiger partial charge in [-0.05, 0) is 43.0 Å². The summed E-state index contributed by atoms with van der Waals surface area (Å²) in [5.41, 5.74) is 0.851. The molecule has 0 radical (unpaired) electrons. The Labute approximate surface area is 163 Å². The minimum Gasteiger partial charge on any atom is -0.370 e. The number of halogens is 1. The van der Waals surface area contributed by atoms with Crippen LogP contribution < -0.4 is 10.2 Å². The van der Waals surface area contributed by atoms with Crippen molar-refractivity contribution in [2.45, 2.75) is 18.9 Å². The maximum absolute atomic E-state index is 13.0. The van der Waals surface area contributed by atoms with Crippen molar-refractivity contribution in [3.05, 3.63) is 48.4 Å². The molecule has 7 heteroatoms. The highest BCUT2D eigenvalue weighted by molar-refractivity contribution is 5.88. The first-order valence-corrected chi connectivity index (χ1v) is 9.95. The molecule has 2 aliphatic rings. The Hall–Kier alpha value is -2.67. The van der Waals surface area contributed by atoms with Crippen LogP contribution in [0.3, 0.4) is 0 Å². The number of benzene rings is 1. The molecule has 2 saturated heterocycles. The second-order valence-electron chi connectivity index (χ2n) is 7.78. The van der Waals surface area contributed by atoms with Gasteiger partial charge >= 0.3 is 0 Å². The molecule has 0 spiro atoms. The molecule has 2 unspecified atom stereocenters. The molecule has 2 aliphatic heterocycles. The number of fused-ring (bicyclic) bond motifs is 2. The summed E-state index contributed by atoms with van der Waals surface area (Å²) in [5, 5.41) is 8.78. The lowest BCUT2D eigenvalue weighted by Gasteiger charge is -2.46. The number of anilines is 2. The predicted molar refractivity (Wildman–Crippen MR) is 107 cm³/mol. The zero-order valence-corrected chi connectivity index (χ0v) is 15.7. The molecule has 5 rings (SSSR count). The van der Waals surface area contributed by atoms with Crippen LogP contribution in [-0.2, 0) is 0 Å². The average Bonchev–Trinajstić information content (AvgIpc) is 3.17. The Balaban J connectivity index is 1.19. The van der Waals surface area contributed by atoms with Crippen LogP contribution in [0.2, 0.25) is 0 Å². The summed E-state index contributed by atoms with van der Waals surface area (Å²) >= 11 is 0. The van der Waals surface area contributed by atoms with Gasteiger partial charge in [-0.25, -0.2) is 9.37 Å². The van der Waals surface area contributed by atoms with Crippen LogP contribution in [0.25, 0.3) is 11.0 Å². The van der Waals surface area contributed by atoms with Gasteiger partial charge < -0.3 is 14.7 Å². The van der Waals surface area contributed by atoms with Crippen LogP contribution in [0.15, 0.2) is 47.1 Å². The maximum atomic E-state index is 13.0. The molecule has 0 aliphatic carbocycles. The lowest BCUT2D eigenvalue weighted by Crippen LogP contribution is -2.57. The van der Waals surface area contributed by atoms with Crippen LogP contribution in [0.1, 0.15) is 12.8 Å². The zero-order chi connectivity index (χ0) is 18.9. The van der Waals surface area contributed by atoms with Crippen LogP contribution in [0.4, 0.5) is 16.0 Å². The third-order valence-electron chi connectivity index (χ3n) is 5.96. The largest absolute Gasteiger partial charge is 0.370 e. The molecule has 0 saturated carbocycles. The first-order valence-electron chi connectivity index (χ1n) is 9.95. The number of hydrogen-bond acceptors (Lipinski definition) is 6. The number of piperidine rings is 1. The van der Waals surface area contributed by atoms with Gasteiger partial charge in [-0.1, -0.05) is 17.3 Å². The van der Waals surface area contributed by atoms with Gasteiger partial charge in [-0.15, -0.1) is 0 Å². The van der Waals surface area contributed by atoms with Crippen molar-refractivity contribution in [2.24, 2.45) is 5.92 Å². The third-order valence-corrected chi connectivity index (χ3v) is 5.96. The summed E-state index contributed by atoms with van der Waals surface area (Å²) < 4.78 is 18.5. The number of hydrogen-bond donors (Lipinski definition) is 1. The predicted octanol–water partition coefficient (Wildman–Crippen LogP) is 3.37. The number of rotatable bonds is 4. The highest BCUT2D eigenvalue weighted by atomic mass is 19.1. The Morgan fingerprint density at radius 1 is 1.11 bits per heavy atom. The number of piperazine rings is 1. The van der Waals surface area contributed by atoms with E-state index in [9.17, 15) is 4.39 Å². The van der Waals surface area contributed by atoms with E-state index in [1.165, 1.54) is 25.1 Å². The first kappa shape index (κ1) is 17.4. The molecule has 28 heavy (non-hydrogen) atoms. The SMILES string of the molecule is Fc1ccc(NCC2CCC3CN(c4noc5ccccc45)CCN3C2)nc1. The van der Waals surface area contributed by atoms with Crippen molar-refractivity contribution < 1.29 is 8.91 Å². The molecule has 2 atom stereocenters. The molecule has 6 nitrogen and oxygen atoms in total. The molecule has 0 bridgehead atoms. The highest BCUT2D eigenvalue weighted by Gasteiger charge is 2.34. The van der Waals surface area contributed by atoms with E-state index >= 15 is 0 Å². The lowest BCUT2D eigenvalue weighted by atomic mass is 9.91. The van der Waals surface area contributed by atoms with Crippen molar-refractivity contribution in [3.63, 3.8) is 0 Å². The van der Waals surface area contributed by atoms with Crippen molar-refractivity contribution in [3.8, 4) is 0 Å². The average molecular weight is 381 g/mol. The zero-order valence-electron chi connectivity index (χ0n) is 15.7. The van der Waals surface area contributed by atoms with Gasteiger partial charge in [0.1, 0.15) is 11.6 Å². The van der Waals surface area contributed by atoms with Gasteiger partial charge in [0.05, 0.1) is 11.6 Å². The summed E-state index contributed by atoms with van der Waals surface area (Å²) in [6.07, 6.45) is 3.62. The smallest absolute Gasteiger partial charge is 0.180 e. The van der Waals surface area contributed by atoms with E-state index in [4.69, 9.17) is 4.52 Å². The number of para-hydroxylation sites is 1. The molecule has 4 heterocycles. The van der Waals surface area contributed by atoms with Crippen molar-refractivity contribution >= 4 is 22.6 Å². The molecule has 3 aromatic rings. The fraction of sp³-hybridized carbons (Fsp3) is 0.429. The Morgan fingerprint density at radius 3 is 2.93 bits per heavy atom. The minimum atomic E-state index is -0.302. The highest BCUT2D eigenvalue weighted by Crippen LogP contribution is 2.31. The Bertz CT molecular complexity index is 943. The summed E-state index contributed by atoms with van der Waals surface area (Å²) in [4.78, 5) is 9.06. The topological polar surface area (TPSA) is 57.4 Å². The summed E-state index contributed by atoms with van der Waals surface area (Å²) in [7, 11) is 0. The van der Waals surface area contributed by atoms with Crippen LogP contribution in [-0.4, -0.2) is 53.8 Å². The van der Waals surface area contributed by atoms with Gasteiger partial charge in [0, 0.05) is 38.8 Å². The van der Waals surface area contributed by atoms with E-state index in [0.29, 0.717) is 12.0 Å². The van der Waals surface area contributed by atoms with Gasteiger partial charge in [0.15, 0.2) is 11.4 Å². The van der Waals surface area contributed by atoms with E-state index in [-0.39, 0.29) is 5.82 Å². The van der Waals surface area contributed by atoms with E-state index in [1.807, 2.05) is 18.2 Å². The molecule has 1 N–H and O–H groups in total. The van der Waals surface area contributed by atoms with E-state index < -0.39 is 0 Å². The van der Waals surface area contributed by atoms with E-state index in [2.05, 4.69) is 31.3 Å². The third kappa shape index (κ3) is 3.42. The number of nitrogens with zero attached hydrogens (tertiary/aromatic N) is 4. The monoisotopic (exact) mass is 381 g/mol. The van der Waals surface area contributed by atoms with Gasteiger partial charge in [-0.3, -0.25) is 4.90 Å². The van der Waals surface area contributed by atoms with E-state index in [1.54, 1.807) is 6.07 Å². The molecule has 2 aromatic heterocycles. The molecule has 2 fully saturated rings. The maximum Gasteiger partial charge on any atom is 0.180 e. The van der Waals surface area contributed by atoms with Crippen LogP contribution in [0, 0.1) is 11.7 Å². The quantitative estimate of drug-likeness (QED) is 0.748. The van der Waals surface area contributed by atoms with Crippen molar-refractivity contribution in [1.29, 1.82) is 0 Å². The minimum absolute atomic E-state index is 0.302. The van der Waals surface area contributed by atoms with Crippen molar-refractivity contribution in [2.75, 3.05) is 42.9 Å². The lowest BCUT2D eigenvalue weighted by molar-refractivity contribution is 0.0994. The summed E-state index contributed by atoms with van der Waals surface area (Å²) in [5.74, 6) is 2.00. The number of pyridine rings is 1. The Morgan fingerprint density at radius 2 is 2.04 bits per heavy atom. The Kier molecular flexibility index (Phi) is 4.60. The van der Waals surface area contributed by atoms with Gasteiger partial charge in [0.2, 0.25) is 0 Å². The van der Waals surface area contributed by atoms with E-state index in [0.717, 1.165) is 55.3 Å². The fourth-order valence-electron chi connectivity index (χ4n) is 4.45. The van der Waals surface area contributed by atoms with Crippen LogP contribution >= 0.6 is 0 Å². The molecule has 0 amide bonds. The fourth-order valence-corrected chi connectivity index (χ4v) is 4.45. The molecular weight excluding hydrogens is 357 g/mol. The first-order chi connectivity index (χ1) is 13.8. The molecule has 146 valence electrons. The number of nitrogens with one attached hydrogen (secondary N) is 1. The second kappa shape index (κ2) is 7.39. The van der Waals surface area contributed by atoms with Crippen molar-refractivity contribution in [1.82, 2.24) is 15.0 Å². The number of aromatic nitrogens is 2. The van der Waals surface area contributed by atoms with Gasteiger partial charge in [0.25, 0.3) is 0 Å². The summed E-state index contributed by atoms with van der Waals surface area (Å²) in [6, 6.07) is 11.8. The standard InChI is InChI=1S/C21H24FN5O/c22-16-6-8-20(24-12-16)23-11-15-5-7-17-14-27(10-9-26(17)13-15)21-18-3-1-2-4-19(18)28-25-21/h1-4,6,8,12,15,17H,5,7,9-11,13-14H2,(H,23,24). The second-order valence-corrected chi connectivity index (χ2v) is 7.78. The summed E-state index contributed by atoms with van der Waals surface area (Å²) in [6.45, 7) is 4.96. The molecular formula is C21H24FN5O. The molecule has 1 aromatic carbocycles. The van der Waals surface area contributed by atoms with Gasteiger partial charge in [-0.2, -0.15) is 0 Å². The normalized spacial score (nSPS) is 23.0. The van der Waals surface area contributed by atoms with Crippen LogP contribution in [0.5, 0.6) is 0 Å².